The van der Waals surface area contributed by atoms with Gasteiger partial charge >= 0.3 is 6.18 Å². The predicted octanol–water partition coefficient (Wildman–Crippen LogP) is 4.95. The molecular weight excluding hydrogens is 401 g/mol. The molecule has 3 rings (SSSR count). The molecule has 2 aromatic carbocycles. The lowest BCUT2D eigenvalue weighted by Crippen LogP contribution is -2.32. The monoisotopic (exact) mass is 420 g/mol. The first-order valence-electron chi connectivity index (χ1n) is 8.86. The summed E-state index contributed by atoms with van der Waals surface area (Å²) in [6.07, 6.45) is -2.84. The Morgan fingerprint density at radius 2 is 1.79 bits per heavy atom. The van der Waals surface area contributed by atoms with E-state index in [0.717, 1.165) is 17.0 Å². The van der Waals surface area contributed by atoms with Crippen molar-refractivity contribution in [3.63, 3.8) is 0 Å². The average molecular weight is 420 g/mol. The second kappa shape index (κ2) is 7.94. The third-order valence-electron chi connectivity index (χ3n) is 4.27. The SMILES string of the molecule is CC(C)NC(=O)c1ccc2c(c1)N(C)C(=O)/C(=C/c1ccc(C(F)(F)F)cc1)S2. The highest BCUT2D eigenvalue weighted by Crippen LogP contribution is 2.42. The van der Waals surface area contributed by atoms with Crippen LogP contribution in [0.4, 0.5) is 18.9 Å². The molecule has 1 heterocycles. The van der Waals surface area contributed by atoms with E-state index in [4.69, 9.17) is 0 Å². The standard InChI is InChI=1S/C21H19F3N2O2S/c1-12(2)25-19(27)14-6-9-17-16(11-14)26(3)20(28)18(29-17)10-13-4-7-15(8-5-13)21(22,23)24/h4-12H,1-3H3,(H,25,27)/b18-10-. The molecule has 0 bridgehead atoms. The van der Waals surface area contributed by atoms with Crippen LogP contribution in [-0.2, 0) is 11.0 Å². The van der Waals surface area contributed by atoms with Crippen molar-refractivity contribution >= 4 is 35.3 Å². The molecule has 0 atom stereocenters. The van der Waals surface area contributed by atoms with Gasteiger partial charge in [0.2, 0.25) is 0 Å². The number of hydrogen-bond acceptors (Lipinski definition) is 3. The Morgan fingerprint density at radius 1 is 1.14 bits per heavy atom. The molecule has 0 saturated carbocycles. The summed E-state index contributed by atoms with van der Waals surface area (Å²) in [4.78, 5) is 27.6. The van der Waals surface area contributed by atoms with Crippen LogP contribution < -0.4 is 10.2 Å². The number of thioether (sulfide) groups is 1. The fourth-order valence-electron chi connectivity index (χ4n) is 2.80. The van der Waals surface area contributed by atoms with E-state index in [0.29, 0.717) is 21.7 Å². The summed E-state index contributed by atoms with van der Waals surface area (Å²) in [5, 5.41) is 2.81. The fraction of sp³-hybridized carbons (Fsp3) is 0.238. The lowest BCUT2D eigenvalue weighted by atomic mass is 10.1. The van der Waals surface area contributed by atoms with Crippen molar-refractivity contribution in [2.45, 2.75) is 31.0 Å². The number of nitrogens with zero attached hydrogens (tertiary/aromatic N) is 1. The van der Waals surface area contributed by atoms with Crippen LogP contribution in [0.3, 0.4) is 0 Å². The first-order chi connectivity index (χ1) is 13.6. The van der Waals surface area contributed by atoms with E-state index in [2.05, 4.69) is 5.32 Å². The van der Waals surface area contributed by atoms with Crippen molar-refractivity contribution in [3.8, 4) is 0 Å². The van der Waals surface area contributed by atoms with E-state index in [9.17, 15) is 22.8 Å². The summed E-state index contributed by atoms with van der Waals surface area (Å²) >= 11 is 1.22. The van der Waals surface area contributed by atoms with Crippen LogP contribution >= 0.6 is 11.8 Å². The van der Waals surface area contributed by atoms with Crippen molar-refractivity contribution in [1.82, 2.24) is 5.32 Å². The van der Waals surface area contributed by atoms with Crippen LogP contribution in [0, 0.1) is 0 Å². The van der Waals surface area contributed by atoms with Crippen LogP contribution in [-0.4, -0.2) is 24.9 Å². The molecule has 1 aliphatic rings. The van der Waals surface area contributed by atoms with Gasteiger partial charge in [0, 0.05) is 23.5 Å². The number of benzene rings is 2. The second-order valence-corrected chi connectivity index (χ2v) is 7.99. The zero-order valence-corrected chi connectivity index (χ0v) is 16.8. The fourth-order valence-corrected chi connectivity index (χ4v) is 3.89. The van der Waals surface area contributed by atoms with Gasteiger partial charge in [0.25, 0.3) is 11.8 Å². The molecule has 0 fully saturated rings. The number of hydrogen-bond donors (Lipinski definition) is 1. The molecular formula is C21H19F3N2O2S. The minimum absolute atomic E-state index is 0.00876. The zero-order valence-electron chi connectivity index (χ0n) is 16.0. The van der Waals surface area contributed by atoms with Crippen LogP contribution in [0.15, 0.2) is 52.3 Å². The van der Waals surface area contributed by atoms with Crippen molar-refractivity contribution in [1.29, 1.82) is 0 Å². The van der Waals surface area contributed by atoms with Gasteiger partial charge in [-0.1, -0.05) is 23.9 Å². The lowest BCUT2D eigenvalue weighted by molar-refractivity contribution is -0.137. The van der Waals surface area contributed by atoms with Gasteiger partial charge in [-0.2, -0.15) is 13.2 Å². The largest absolute Gasteiger partial charge is 0.416 e. The molecule has 0 aromatic heterocycles. The third kappa shape index (κ3) is 4.64. The summed E-state index contributed by atoms with van der Waals surface area (Å²) in [6, 6.07) is 9.74. The van der Waals surface area contributed by atoms with E-state index < -0.39 is 11.7 Å². The van der Waals surface area contributed by atoms with Crippen molar-refractivity contribution < 1.29 is 22.8 Å². The first-order valence-corrected chi connectivity index (χ1v) is 9.67. The normalized spacial score (nSPS) is 15.6. The number of halogens is 3. The second-order valence-electron chi connectivity index (χ2n) is 6.91. The molecule has 1 N–H and O–H groups in total. The van der Waals surface area contributed by atoms with Gasteiger partial charge in [-0.25, -0.2) is 0 Å². The third-order valence-corrected chi connectivity index (χ3v) is 5.35. The Bertz CT molecular complexity index is 982. The summed E-state index contributed by atoms with van der Waals surface area (Å²) in [6.45, 7) is 3.72. The Hall–Kier alpha value is -2.74. The summed E-state index contributed by atoms with van der Waals surface area (Å²) < 4.78 is 38.1. The number of likely N-dealkylation sites (N-methyl/N-ethyl adjacent to an activating group) is 1. The number of alkyl halides is 3. The van der Waals surface area contributed by atoms with Crippen LogP contribution in [0.1, 0.15) is 35.3 Å². The molecule has 29 heavy (non-hydrogen) atoms. The van der Waals surface area contributed by atoms with Crippen molar-refractivity contribution in [2.75, 3.05) is 11.9 Å². The van der Waals surface area contributed by atoms with Crippen molar-refractivity contribution in [3.05, 3.63) is 64.1 Å². The molecule has 1 aliphatic heterocycles. The van der Waals surface area contributed by atoms with E-state index in [-0.39, 0.29) is 17.9 Å². The van der Waals surface area contributed by atoms with E-state index in [1.165, 1.54) is 28.8 Å². The maximum absolute atomic E-state index is 12.7. The lowest BCUT2D eigenvalue weighted by Gasteiger charge is -2.27. The maximum Gasteiger partial charge on any atom is 0.416 e. The highest BCUT2D eigenvalue weighted by molar-refractivity contribution is 8.04. The number of amides is 2. The Morgan fingerprint density at radius 3 is 2.38 bits per heavy atom. The molecule has 0 unspecified atom stereocenters. The number of rotatable bonds is 3. The predicted molar refractivity (Wildman–Crippen MR) is 108 cm³/mol. The molecule has 0 saturated heterocycles. The Labute approximate surface area is 170 Å². The number of fused-ring (bicyclic) bond motifs is 1. The quantitative estimate of drug-likeness (QED) is 0.715. The molecule has 0 spiro atoms. The summed E-state index contributed by atoms with van der Waals surface area (Å²) in [5.74, 6) is -0.511. The molecule has 152 valence electrons. The van der Waals surface area contributed by atoms with E-state index >= 15 is 0 Å². The first kappa shape index (κ1) is 21.0. The summed E-state index contributed by atoms with van der Waals surface area (Å²) in [5.41, 5.74) is 0.824. The molecule has 0 radical (unpaired) electrons. The number of anilines is 1. The van der Waals surface area contributed by atoms with Gasteiger partial charge < -0.3 is 10.2 Å². The number of nitrogens with one attached hydrogen (secondary N) is 1. The van der Waals surface area contributed by atoms with Gasteiger partial charge in [-0.3, -0.25) is 9.59 Å². The van der Waals surface area contributed by atoms with Crippen LogP contribution in [0.5, 0.6) is 0 Å². The zero-order chi connectivity index (χ0) is 21.3. The molecule has 2 aromatic rings. The van der Waals surface area contributed by atoms with Gasteiger partial charge in [0.05, 0.1) is 16.2 Å². The molecule has 4 nitrogen and oxygen atoms in total. The molecule has 2 amide bonds. The smallest absolute Gasteiger partial charge is 0.350 e. The molecule has 0 aliphatic carbocycles. The summed E-state index contributed by atoms with van der Waals surface area (Å²) in [7, 11) is 1.60. The minimum Gasteiger partial charge on any atom is -0.350 e. The van der Waals surface area contributed by atoms with Gasteiger partial charge in [-0.15, -0.1) is 0 Å². The highest BCUT2D eigenvalue weighted by atomic mass is 32.2. The Balaban J connectivity index is 1.88. The van der Waals surface area contributed by atoms with Crippen LogP contribution in [0.25, 0.3) is 6.08 Å². The van der Waals surface area contributed by atoms with Crippen molar-refractivity contribution in [2.24, 2.45) is 0 Å². The van der Waals surface area contributed by atoms with Gasteiger partial charge in [0.15, 0.2) is 0 Å². The Kier molecular flexibility index (Phi) is 5.75. The topological polar surface area (TPSA) is 49.4 Å². The van der Waals surface area contributed by atoms with Gasteiger partial charge in [-0.05, 0) is 55.8 Å². The van der Waals surface area contributed by atoms with E-state index in [1.54, 1.807) is 31.3 Å². The minimum atomic E-state index is -4.40. The van der Waals surface area contributed by atoms with Crippen LogP contribution in [0.2, 0.25) is 0 Å². The average Bonchev–Trinajstić information content (AvgIpc) is 2.65. The maximum atomic E-state index is 12.7. The highest BCUT2D eigenvalue weighted by Gasteiger charge is 2.30. The molecule has 8 heteroatoms. The van der Waals surface area contributed by atoms with E-state index in [1.807, 2.05) is 13.8 Å². The number of carbonyl (C=O) groups excluding carboxylic acids is 2. The van der Waals surface area contributed by atoms with Gasteiger partial charge in [0.1, 0.15) is 0 Å². The number of carbonyl (C=O) groups is 2.